The number of halogens is 2. The Morgan fingerprint density at radius 2 is 1.29 bits per heavy atom. The maximum atomic E-state index is 6.27. The van der Waals surface area contributed by atoms with Gasteiger partial charge in [0.2, 0.25) is 0 Å². The summed E-state index contributed by atoms with van der Waals surface area (Å²) in [7, 11) is 0. The minimum absolute atomic E-state index is 0.00898. The molecule has 0 unspecified atom stereocenters. The third-order valence-electron chi connectivity index (χ3n) is 2.31. The summed E-state index contributed by atoms with van der Waals surface area (Å²) >= 11 is 12.5. The van der Waals surface area contributed by atoms with Crippen molar-refractivity contribution in [3.63, 3.8) is 0 Å². The Hall–Kier alpha value is -0.200. The van der Waals surface area contributed by atoms with Crippen molar-refractivity contribution >= 4 is 23.2 Å². The van der Waals surface area contributed by atoms with Crippen molar-refractivity contribution in [2.75, 3.05) is 0 Å². The fourth-order valence-electron chi connectivity index (χ4n) is 1.60. The SMILES string of the molecule is Cc1cc(C)c(Cl)c(C(C)(C)C)c1Cl. The number of hydrogen-bond donors (Lipinski definition) is 0. The Morgan fingerprint density at radius 1 is 0.929 bits per heavy atom. The van der Waals surface area contributed by atoms with Crippen molar-refractivity contribution in [2.45, 2.75) is 40.0 Å². The summed E-state index contributed by atoms with van der Waals surface area (Å²) in [5.74, 6) is 0. The van der Waals surface area contributed by atoms with Crippen molar-refractivity contribution in [3.05, 3.63) is 32.8 Å². The van der Waals surface area contributed by atoms with Gasteiger partial charge >= 0.3 is 0 Å². The molecule has 1 aromatic carbocycles. The van der Waals surface area contributed by atoms with Crippen LogP contribution in [0.25, 0.3) is 0 Å². The maximum absolute atomic E-state index is 6.27. The average Bonchev–Trinajstić information content (AvgIpc) is 1.98. The summed E-state index contributed by atoms with van der Waals surface area (Å²) in [5.41, 5.74) is 3.24. The van der Waals surface area contributed by atoms with Crippen LogP contribution in [-0.2, 0) is 5.41 Å². The quantitative estimate of drug-likeness (QED) is 0.595. The molecule has 0 saturated carbocycles. The first-order valence-corrected chi connectivity index (χ1v) is 5.46. The van der Waals surface area contributed by atoms with E-state index < -0.39 is 0 Å². The van der Waals surface area contributed by atoms with Crippen LogP contribution in [0.3, 0.4) is 0 Å². The monoisotopic (exact) mass is 230 g/mol. The molecule has 0 aliphatic carbocycles. The van der Waals surface area contributed by atoms with Crippen LogP contribution in [0, 0.1) is 13.8 Å². The number of benzene rings is 1. The third-order valence-corrected chi connectivity index (χ3v) is 3.29. The molecule has 0 aliphatic heterocycles. The molecule has 1 aromatic rings. The molecule has 0 radical (unpaired) electrons. The van der Waals surface area contributed by atoms with Gasteiger partial charge in [0.15, 0.2) is 0 Å². The highest BCUT2D eigenvalue weighted by molar-refractivity contribution is 6.37. The molecule has 0 aromatic heterocycles. The van der Waals surface area contributed by atoms with Crippen LogP contribution in [0.15, 0.2) is 6.07 Å². The molecule has 0 heterocycles. The summed E-state index contributed by atoms with van der Waals surface area (Å²) in [4.78, 5) is 0. The van der Waals surface area contributed by atoms with Gasteiger partial charge in [0, 0.05) is 10.0 Å². The summed E-state index contributed by atoms with van der Waals surface area (Å²) in [6.07, 6.45) is 0. The summed E-state index contributed by atoms with van der Waals surface area (Å²) in [6, 6.07) is 2.03. The van der Waals surface area contributed by atoms with E-state index in [-0.39, 0.29) is 5.41 Å². The second-order valence-electron chi connectivity index (χ2n) is 4.76. The van der Waals surface area contributed by atoms with Gasteiger partial charge in [0.05, 0.1) is 0 Å². The zero-order valence-corrected chi connectivity index (χ0v) is 10.8. The Kier molecular flexibility index (Phi) is 3.18. The summed E-state index contributed by atoms with van der Waals surface area (Å²) < 4.78 is 0. The van der Waals surface area contributed by atoms with Crippen molar-refractivity contribution in [3.8, 4) is 0 Å². The van der Waals surface area contributed by atoms with Gasteiger partial charge in [-0.1, -0.05) is 50.0 Å². The maximum Gasteiger partial charge on any atom is 0.0487 e. The van der Waals surface area contributed by atoms with Crippen LogP contribution in [0.1, 0.15) is 37.5 Å². The number of rotatable bonds is 0. The zero-order chi connectivity index (χ0) is 11.1. The van der Waals surface area contributed by atoms with Crippen LogP contribution < -0.4 is 0 Å². The first kappa shape index (κ1) is 11.9. The Labute approximate surface area is 96.2 Å². The molecule has 0 spiro atoms. The number of aryl methyl sites for hydroxylation is 2. The van der Waals surface area contributed by atoms with E-state index in [4.69, 9.17) is 23.2 Å². The smallest absolute Gasteiger partial charge is 0.0487 e. The van der Waals surface area contributed by atoms with Gasteiger partial charge in [-0.2, -0.15) is 0 Å². The van der Waals surface area contributed by atoms with Gasteiger partial charge in [0.1, 0.15) is 0 Å². The molecule has 1 rings (SSSR count). The highest BCUT2D eigenvalue weighted by Crippen LogP contribution is 2.38. The van der Waals surface area contributed by atoms with E-state index in [1.54, 1.807) is 0 Å². The van der Waals surface area contributed by atoms with Crippen LogP contribution in [0.4, 0.5) is 0 Å². The van der Waals surface area contributed by atoms with Gasteiger partial charge in [-0.3, -0.25) is 0 Å². The van der Waals surface area contributed by atoms with Crippen molar-refractivity contribution in [2.24, 2.45) is 0 Å². The standard InChI is InChI=1S/C12H16Cl2/c1-7-6-8(2)11(14)9(10(7)13)12(3,4)5/h6H,1-5H3. The number of hydrogen-bond acceptors (Lipinski definition) is 0. The van der Waals surface area contributed by atoms with Crippen LogP contribution in [0.5, 0.6) is 0 Å². The fourth-order valence-corrected chi connectivity index (χ4v) is 2.51. The van der Waals surface area contributed by atoms with E-state index in [1.807, 2.05) is 19.9 Å². The molecule has 0 bridgehead atoms. The molecule has 0 atom stereocenters. The summed E-state index contributed by atoms with van der Waals surface area (Å²) in [6.45, 7) is 10.4. The second kappa shape index (κ2) is 3.75. The van der Waals surface area contributed by atoms with Gasteiger partial charge in [-0.05, 0) is 36.0 Å². The average molecular weight is 231 g/mol. The van der Waals surface area contributed by atoms with Gasteiger partial charge in [-0.25, -0.2) is 0 Å². The van der Waals surface area contributed by atoms with E-state index in [1.165, 1.54) is 0 Å². The molecular formula is C12H16Cl2. The van der Waals surface area contributed by atoms with Crippen LogP contribution in [0.2, 0.25) is 10.0 Å². The van der Waals surface area contributed by atoms with Crippen LogP contribution >= 0.6 is 23.2 Å². The molecular weight excluding hydrogens is 215 g/mol. The van der Waals surface area contributed by atoms with Crippen molar-refractivity contribution < 1.29 is 0 Å². The molecule has 0 aliphatic rings. The molecule has 0 amide bonds. The molecule has 14 heavy (non-hydrogen) atoms. The van der Waals surface area contributed by atoms with Crippen LogP contribution in [-0.4, -0.2) is 0 Å². The highest BCUT2D eigenvalue weighted by atomic mass is 35.5. The minimum Gasteiger partial charge on any atom is -0.0837 e. The third kappa shape index (κ3) is 2.07. The fraction of sp³-hybridized carbons (Fsp3) is 0.500. The largest absolute Gasteiger partial charge is 0.0837 e. The lowest BCUT2D eigenvalue weighted by atomic mass is 9.85. The lowest BCUT2D eigenvalue weighted by Gasteiger charge is -2.24. The zero-order valence-electron chi connectivity index (χ0n) is 9.33. The molecule has 0 nitrogen and oxygen atoms in total. The molecule has 0 N–H and O–H groups in total. The lowest BCUT2D eigenvalue weighted by Crippen LogP contribution is -2.14. The Morgan fingerprint density at radius 3 is 1.57 bits per heavy atom. The predicted molar refractivity (Wildman–Crippen MR) is 64.6 cm³/mol. The second-order valence-corrected chi connectivity index (χ2v) is 5.52. The van der Waals surface area contributed by atoms with Gasteiger partial charge in [0.25, 0.3) is 0 Å². The van der Waals surface area contributed by atoms with E-state index >= 15 is 0 Å². The lowest BCUT2D eigenvalue weighted by molar-refractivity contribution is 0.589. The molecule has 2 heteroatoms. The first-order chi connectivity index (χ1) is 6.25. The van der Waals surface area contributed by atoms with Crippen molar-refractivity contribution in [1.82, 2.24) is 0 Å². The highest BCUT2D eigenvalue weighted by Gasteiger charge is 2.23. The summed E-state index contributed by atoms with van der Waals surface area (Å²) in [5, 5.41) is 1.60. The van der Waals surface area contributed by atoms with E-state index in [0.717, 1.165) is 26.7 Å². The van der Waals surface area contributed by atoms with Gasteiger partial charge in [-0.15, -0.1) is 0 Å². The van der Waals surface area contributed by atoms with Gasteiger partial charge < -0.3 is 0 Å². The topological polar surface area (TPSA) is 0 Å². The first-order valence-electron chi connectivity index (χ1n) is 4.71. The van der Waals surface area contributed by atoms with E-state index in [0.29, 0.717) is 0 Å². The van der Waals surface area contributed by atoms with E-state index in [2.05, 4.69) is 20.8 Å². The van der Waals surface area contributed by atoms with E-state index in [9.17, 15) is 0 Å². The normalized spacial score (nSPS) is 11.9. The molecule has 78 valence electrons. The molecule has 0 fully saturated rings. The predicted octanol–water partition coefficient (Wildman–Crippen LogP) is 4.91. The molecule has 0 saturated heterocycles. The minimum atomic E-state index is -0.00898. The Balaban J connectivity index is 3.56. The van der Waals surface area contributed by atoms with Crippen molar-refractivity contribution in [1.29, 1.82) is 0 Å². The Bertz CT molecular complexity index is 333.